The zero-order valence-electron chi connectivity index (χ0n) is 18.1. The summed E-state index contributed by atoms with van der Waals surface area (Å²) in [6.45, 7) is 5.71. The van der Waals surface area contributed by atoms with Crippen molar-refractivity contribution in [2.75, 3.05) is 23.8 Å². The van der Waals surface area contributed by atoms with Crippen molar-refractivity contribution in [3.05, 3.63) is 21.1 Å². The van der Waals surface area contributed by atoms with Crippen LogP contribution in [0.4, 0.5) is 27.8 Å². The number of halogens is 4. The van der Waals surface area contributed by atoms with Crippen molar-refractivity contribution < 1.29 is 46.2 Å². The molecule has 0 aliphatic carbocycles. The fraction of sp³-hybridized carbons (Fsp3) is 0.444. The summed E-state index contributed by atoms with van der Waals surface area (Å²) in [5.74, 6) is -17.8. The number of carbonyl (C=O) groups is 4. The van der Waals surface area contributed by atoms with Crippen LogP contribution >= 0.6 is 22.7 Å². The molecule has 0 spiro atoms. The molecule has 2 heterocycles. The Kier molecular flexibility index (Phi) is 8.31. The molecule has 0 saturated carbocycles. The van der Waals surface area contributed by atoms with Gasteiger partial charge in [0.05, 0.1) is 24.6 Å². The van der Waals surface area contributed by atoms with Crippen molar-refractivity contribution >= 4 is 56.7 Å². The van der Waals surface area contributed by atoms with Crippen LogP contribution in [-0.4, -0.2) is 58.8 Å². The fourth-order valence-corrected chi connectivity index (χ4v) is 4.02. The first-order valence-electron chi connectivity index (χ1n) is 9.43. The van der Waals surface area contributed by atoms with Crippen LogP contribution in [0.1, 0.15) is 44.6 Å². The number of nitrogens with zero attached hydrogens (tertiary/aromatic N) is 2. The van der Waals surface area contributed by atoms with Crippen LogP contribution in [0.3, 0.4) is 0 Å². The lowest BCUT2D eigenvalue weighted by atomic mass is 10.1. The molecule has 34 heavy (non-hydrogen) atoms. The summed E-state index contributed by atoms with van der Waals surface area (Å²) in [4.78, 5) is 54.5. The molecule has 2 amide bonds. The van der Waals surface area contributed by atoms with Crippen LogP contribution in [0.2, 0.25) is 0 Å². The highest BCUT2D eigenvalue weighted by molar-refractivity contribution is 7.18. The monoisotopic (exact) mass is 526 g/mol. The highest BCUT2D eigenvalue weighted by atomic mass is 32.1. The molecule has 186 valence electrons. The molecule has 10 nitrogen and oxygen atoms in total. The highest BCUT2D eigenvalue weighted by Crippen LogP contribution is 2.37. The zero-order chi connectivity index (χ0) is 25.8. The summed E-state index contributed by atoms with van der Waals surface area (Å²) in [6.07, 6.45) is 0. The van der Waals surface area contributed by atoms with Crippen LogP contribution < -0.4 is 10.6 Å². The Morgan fingerprint density at radius 2 is 1.09 bits per heavy atom. The van der Waals surface area contributed by atoms with E-state index < -0.39 is 45.9 Å². The summed E-state index contributed by atoms with van der Waals surface area (Å²) in [5.41, 5.74) is 0.0335. The average molecular weight is 526 g/mol. The number of amides is 2. The molecule has 2 rings (SSSR count). The minimum atomic E-state index is -5.52. The van der Waals surface area contributed by atoms with Gasteiger partial charge in [0, 0.05) is 0 Å². The average Bonchev–Trinajstić information content (AvgIpc) is 3.29. The van der Waals surface area contributed by atoms with E-state index in [1.54, 1.807) is 0 Å². The number of esters is 2. The minimum Gasteiger partial charge on any atom is -0.462 e. The Balaban J connectivity index is 2.18. The van der Waals surface area contributed by atoms with Crippen LogP contribution in [-0.2, 0) is 19.1 Å². The first kappa shape index (κ1) is 27.1. The molecule has 0 aliphatic heterocycles. The lowest BCUT2D eigenvalue weighted by Gasteiger charge is -2.23. The number of hydrogen-bond donors (Lipinski definition) is 2. The van der Waals surface area contributed by atoms with Crippen molar-refractivity contribution in [1.29, 1.82) is 0 Å². The Bertz CT molecular complexity index is 1030. The number of aryl methyl sites for hydroxylation is 2. The first-order chi connectivity index (χ1) is 15.8. The molecule has 2 aromatic heterocycles. The third kappa shape index (κ3) is 5.49. The number of anilines is 2. The maximum atomic E-state index is 14.3. The molecule has 0 bridgehead atoms. The van der Waals surface area contributed by atoms with Gasteiger partial charge in [0.15, 0.2) is 10.3 Å². The van der Waals surface area contributed by atoms with E-state index in [1.807, 2.05) is 0 Å². The molecule has 0 atom stereocenters. The van der Waals surface area contributed by atoms with Gasteiger partial charge < -0.3 is 9.47 Å². The van der Waals surface area contributed by atoms with Crippen molar-refractivity contribution in [2.24, 2.45) is 0 Å². The second kappa shape index (κ2) is 10.4. The van der Waals surface area contributed by atoms with Gasteiger partial charge in [-0.2, -0.15) is 17.6 Å². The van der Waals surface area contributed by atoms with E-state index >= 15 is 0 Å². The van der Waals surface area contributed by atoms with Crippen LogP contribution in [0.15, 0.2) is 0 Å². The van der Waals surface area contributed by atoms with Crippen molar-refractivity contribution in [2.45, 2.75) is 39.5 Å². The van der Waals surface area contributed by atoms with E-state index in [9.17, 15) is 36.7 Å². The van der Waals surface area contributed by atoms with Gasteiger partial charge in [0.1, 0.15) is 9.75 Å². The number of thiazole rings is 2. The van der Waals surface area contributed by atoms with E-state index in [2.05, 4.69) is 9.97 Å². The summed E-state index contributed by atoms with van der Waals surface area (Å²) in [7, 11) is 0. The zero-order valence-corrected chi connectivity index (χ0v) is 19.7. The van der Waals surface area contributed by atoms with Gasteiger partial charge in [-0.25, -0.2) is 19.6 Å². The number of rotatable bonds is 9. The summed E-state index contributed by atoms with van der Waals surface area (Å²) in [5, 5.41) is 1.82. The smallest absolute Gasteiger partial charge is 0.396 e. The van der Waals surface area contributed by atoms with E-state index in [1.165, 1.54) is 38.3 Å². The number of carbonyl (C=O) groups excluding carboxylic acids is 4. The molecule has 0 aliphatic rings. The molecule has 0 aromatic carbocycles. The van der Waals surface area contributed by atoms with E-state index in [0.717, 1.165) is 0 Å². The van der Waals surface area contributed by atoms with Gasteiger partial charge in [0.25, 0.3) is 0 Å². The van der Waals surface area contributed by atoms with E-state index in [4.69, 9.17) is 9.47 Å². The van der Waals surface area contributed by atoms with Gasteiger partial charge in [-0.1, -0.05) is 22.7 Å². The Morgan fingerprint density at radius 1 is 0.765 bits per heavy atom. The third-order valence-electron chi connectivity index (χ3n) is 3.92. The summed E-state index contributed by atoms with van der Waals surface area (Å²) >= 11 is 0.872. The molecular formula is C18H18F4N4O6S2. The molecule has 0 fully saturated rings. The third-order valence-corrected chi connectivity index (χ3v) is 6.03. The van der Waals surface area contributed by atoms with Crippen LogP contribution in [0.25, 0.3) is 0 Å². The first-order valence-corrected chi connectivity index (χ1v) is 11.1. The topological polar surface area (TPSA) is 137 Å². The maximum Gasteiger partial charge on any atom is 0.396 e. The largest absolute Gasteiger partial charge is 0.462 e. The number of aromatic nitrogens is 2. The Hall–Kier alpha value is -3.14. The quantitative estimate of drug-likeness (QED) is 0.375. The number of nitrogens with one attached hydrogen (secondary N) is 2. The summed E-state index contributed by atoms with van der Waals surface area (Å²) < 4.78 is 66.7. The standard InChI is InChI=1S/C18H18F4N4O6S2/c1-5-31-11(27)9-7(3)23-15(33-9)25-13(29)17(19,20)18(21,22)14(30)26-16-24-8(4)10(34-16)12(28)32-6-2/h5-6H2,1-4H3,(H,23,25,29)(H,24,26,30). The predicted molar refractivity (Wildman–Crippen MR) is 113 cm³/mol. The number of alkyl halides is 4. The van der Waals surface area contributed by atoms with Gasteiger partial charge in [-0.15, -0.1) is 0 Å². The van der Waals surface area contributed by atoms with E-state index in [-0.39, 0.29) is 34.4 Å². The van der Waals surface area contributed by atoms with Crippen molar-refractivity contribution in [3.63, 3.8) is 0 Å². The highest BCUT2D eigenvalue weighted by Gasteiger charge is 2.67. The second-order valence-corrected chi connectivity index (χ2v) is 8.36. The predicted octanol–water partition coefficient (Wildman–Crippen LogP) is 3.42. The van der Waals surface area contributed by atoms with Gasteiger partial charge in [-0.05, 0) is 27.7 Å². The molecule has 0 saturated heterocycles. The van der Waals surface area contributed by atoms with Crippen LogP contribution in [0.5, 0.6) is 0 Å². The SMILES string of the molecule is CCOC(=O)c1sc(NC(=O)C(F)(F)C(F)(F)C(=O)Nc2nc(C)c(C(=O)OCC)s2)nc1C. The minimum absolute atomic E-state index is 0.0111. The second-order valence-electron chi connectivity index (χ2n) is 6.37. The molecule has 0 radical (unpaired) electrons. The Morgan fingerprint density at radius 3 is 1.38 bits per heavy atom. The number of ether oxygens (including phenoxy) is 2. The number of hydrogen-bond acceptors (Lipinski definition) is 10. The van der Waals surface area contributed by atoms with Crippen molar-refractivity contribution in [1.82, 2.24) is 9.97 Å². The fourth-order valence-electron chi connectivity index (χ4n) is 2.31. The van der Waals surface area contributed by atoms with E-state index in [0.29, 0.717) is 22.7 Å². The van der Waals surface area contributed by atoms with Gasteiger partial charge in [0.2, 0.25) is 0 Å². The lowest BCUT2D eigenvalue weighted by Crippen LogP contribution is -2.56. The van der Waals surface area contributed by atoms with Gasteiger partial charge >= 0.3 is 35.6 Å². The van der Waals surface area contributed by atoms with Crippen molar-refractivity contribution in [3.8, 4) is 0 Å². The van der Waals surface area contributed by atoms with Gasteiger partial charge in [-0.3, -0.25) is 20.2 Å². The molecular weight excluding hydrogens is 508 g/mol. The molecule has 2 aromatic rings. The summed E-state index contributed by atoms with van der Waals surface area (Å²) in [6, 6.07) is 0. The lowest BCUT2D eigenvalue weighted by molar-refractivity contribution is -0.204. The van der Waals surface area contributed by atoms with Crippen LogP contribution in [0, 0.1) is 13.8 Å². The normalized spacial score (nSPS) is 11.6. The Labute approximate surface area is 197 Å². The molecule has 16 heteroatoms. The molecule has 0 unspecified atom stereocenters. The maximum absolute atomic E-state index is 14.3. The molecule has 2 N–H and O–H groups in total.